The normalized spacial score (nSPS) is 12.5. The third kappa shape index (κ3) is 5.14. The molecule has 0 radical (unpaired) electrons. The van der Waals surface area contributed by atoms with E-state index < -0.39 is 0 Å². The molecule has 1 unspecified atom stereocenters. The SMILES string of the molecule is C=CCc1ccc(-c2ccc3cc(C=CCCCC(C)O)ccc3n2)c(F)c1. The van der Waals surface area contributed by atoms with Crippen LogP contribution in [0.3, 0.4) is 0 Å². The first kappa shape index (κ1) is 20.0. The number of allylic oxidation sites excluding steroid dienone is 2. The first-order chi connectivity index (χ1) is 13.6. The molecule has 28 heavy (non-hydrogen) atoms. The topological polar surface area (TPSA) is 33.1 Å². The van der Waals surface area contributed by atoms with Crippen molar-refractivity contribution in [3.8, 4) is 11.3 Å². The average Bonchev–Trinajstić information content (AvgIpc) is 2.67. The van der Waals surface area contributed by atoms with Gasteiger partial charge in [0, 0.05) is 10.9 Å². The van der Waals surface area contributed by atoms with E-state index in [4.69, 9.17) is 0 Å². The molecule has 2 nitrogen and oxygen atoms in total. The third-order valence-corrected chi connectivity index (χ3v) is 4.71. The molecule has 3 aromatic rings. The summed E-state index contributed by atoms with van der Waals surface area (Å²) in [6.07, 6.45) is 9.14. The monoisotopic (exact) mass is 375 g/mol. The van der Waals surface area contributed by atoms with E-state index in [0.29, 0.717) is 17.7 Å². The van der Waals surface area contributed by atoms with Crippen LogP contribution < -0.4 is 0 Å². The summed E-state index contributed by atoms with van der Waals surface area (Å²) in [5, 5.41) is 10.3. The highest BCUT2D eigenvalue weighted by Crippen LogP contribution is 2.25. The second-order valence-electron chi connectivity index (χ2n) is 7.14. The minimum Gasteiger partial charge on any atom is -0.393 e. The smallest absolute Gasteiger partial charge is 0.132 e. The largest absolute Gasteiger partial charge is 0.393 e. The molecule has 3 heteroatoms. The summed E-state index contributed by atoms with van der Waals surface area (Å²) < 4.78 is 14.5. The molecule has 0 saturated carbocycles. The highest BCUT2D eigenvalue weighted by Gasteiger charge is 2.08. The van der Waals surface area contributed by atoms with Gasteiger partial charge in [0.25, 0.3) is 0 Å². The maximum absolute atomic E-state index is 14.5. The molecule has 0 bridgehead atoms. The fraction of sp³-hybridized carbons (Fsp3) is 0.240. The molecule has 144 valence electrons. The summed E-state index contributed by atoms with van der Waals surface area (Å²) >= 11 is 0. The van der Waals surface area contributed by atoms with Gasteiger partial charge in [0.1, 0.15) is 5.82 Å². The molecule has 1 aromatic heterocycles. The lowest BCUT2D eigenvalue weighted by molar-refractivity contribution is 0.182. The number of aliphatic hydroxyl groups is 1. The van der Waals surface area contributed by atoms with Crippen LogP contribution in [0.15, 0.2) is 67.3 Å². The average molecular weight is 375 g/mol. The van der Waals surface area contributed by atoms with Crippen LogP contribution in [0.1, 0.15) is 37.3 Å². The lowest BCUT2D eigenvalue weighted by Crippen LogP contribution is -1.97. The Balaban J connectivity index is 1.78. The molecule has 0 aliphatic rings. The second-order valence-corrected chi connectivity index (χ2v) is 7.14. The number of pyridine rings is 1. The van der Waals surface area contributed by atoms with E-state index in [-0.39, 0.29) is 11.9 Å². The molecular weight excluding hydrogens is 349 g/mol. The summed E-state index contributed by atoms with van der Waals surface area (Å²) in [7, 11) is 0. The number of unbranched alkanes of at least 4 members (excludes halogenated alkanes) is 1. The summed E-state index contributed by atoms with van der Waals surface area (Å²) in [4.78, 5) is 4.64. The van der Waals surface area contributed by atoms with Crippen molar-refractivity contribution in [2.24, 2.45) is 0 Å². The third-order valence-electron chi connectivity index (χ3n) is 4.71. The lowest BCUT2D eigenvalue weighted by Gasteiger charge is -2.07. The maximum Gasteiger partial charge on any atom is 0.132 e. The van der Waals surface area contributed by atoms with Crippen LogP contribution in [0.5, 0.6) is 0 Å². The number of benzene rings is 2. The molecule has 0 saturated heterocycles. The van der Waals surface area contributed by atoms with Gasteiger partial charge in [-0.15, -0.1) is 6.58 Å². The van der Waals surface area contributed by atoms with Crippen LogP contribution in [0.4, 0.5) is 4.39 Å². The Morgan fingerprint density at radius 3 is 2.75 bits per heavy atom. The number of aromatic nitrogens is 1. The van der Waals surface area contributed by atoms with Crippen molar-refractivity contribution in [3.05, 3.63) is 84.2 Å². The predicted molar refractivity (Wildman–Crippen MR) is 116 cm³/mol. The summed E-state index contributed by atoms with van der Waals surface area (Å²) in [5.74, 6) is -0.261. The van der Waals surface area contributed by atoms with Crippen LogP contribution in [0.25, 0.3) is 28.2 Å². The lowest BCUT2D eigenvalue weighted by atomic mass is 10.0. The summed E-state index contributed by atoms with van der Waals surface area (Å²) in [6.45, 7) is 5.51. The summed E-state index contributed by atoms with van der Waals surface area (Å²) in [6, 6.07) is 15.2. The number of aliphatic hydroxyl groups excluding tert-OH is 1. The van der Waals surface area contributed by atoms with Gasteiger partial charge in [-0.05, 0) is 74.1 Å². The number of fused-ring (bicyclic) bond motifs is 1. The highest BCUT2D eigenvalue weighted by atomic mass is 19.1. The van der Waals surface area contributed by atoms with Crippen LogP contribution in [0, 0.1) is 5.82 Å². The van der Waals surface area contributed by atoms with Crippen molar-refractivity contribution in [3.63, 3.8) is 0 Å². The number of hydrogen-bond acceptors (Lipinski definition) is 2. The van der Waals surface area contributed by atoms with Gasteiger partial charge in [-0.25, -0.2) is 9.37 Å². The van der Waals surface area contributed by atoms with E-state index in [9.17, 15) is 9.50 Å². The molecule has 2 aromatic carbocycles. The van der Waals surface area contributed by atoms with Gasteiger partial charge in [-0.1, -0.05) is 36.4 Å². The van der Waals surface area contributed by atoms with Gasteiger partial charge in [0.05, 0.1) is 17.3 Å². The Morgan fingerprint density at radius 1 is 1.14 bits per heavy atom. The molecule has 0 aliphatic carbocycles. The highest BCUT2D eigenvalue weighted by molar-refractivity contribution is 5.83. The van der Waals surface area contributed by atoms with Crippen molar-refractivity contribution in [1.82, 2.24) is 4.98 Å². The number of nitrogens with zero attached hydrogens (tertiary/aromatic N) is 1. The van der Waals surface area contributed by atoms with Gasteiger partial charge in [0.2, 0.25) is 0 Å². The fourth-order valence-corrected chi connectivity index (χ4v) is 3.21. The molecule has 0 fully saturated rings. The van der Waals surface area contributed by atoms with Gasteiger partial charge in [-0.2, -0.15) is 0 Å². The van der Waals surface area contributed by atoms with Crippen molar-refractivity contribution in [2.45, 2.75) is 38.7 Å². The molecule has 0 spiro atoms. The van der Waals surface area contributed by atoms with Crippen molar-refractivity contribution < 1.29 is 9.50 Å². The standard InChI is InChI=1S/C25H26FNO/c1-3-7-19-10-13-22(23(26)17-19)25-15-12-21-16-20(11-14-24(21)27-25)9-6-4-5-8-18(2)28/h3,6,9-18,28H,1,4-5,7-8H2,2H3. The maximum atomic E-state index is 14.5. The molecular formula is C25H26FNO. The Hall–Kier alpha value is -2.78. The molecule has 1 N–H and O–H groups in total. The minimum absolute atomic E-state index is 0.239. The Kier molecular flexibility index (Phi) is 6.72. The first-order valence-corrected chi connectivity index (χ1v) is 9.72. The number of rotatable bonds is 8. The number of halogens is 1. The van der Waals surface area contributed by atoms with Gasteiger partial charge >= 0.3 is 0 Å². The van der Waals surface area contributed by atoms with Crippen molar-refractivity contribution >= 4 is 17.0 Å². The van der Waals surface area contributed by atoms with Crippen molar-refractivity contribution in [1.29, 1.82) is 0 Å². The van der Waals surface area contributed by atoms with E-state index in [2.05, 4.69) is 29.8 Å². The quantitative estimate of drug-likeness (QED) is 0.368. The zero-order valence-electron chi connectivity index (χ0n) is 16.2. The van der Waals surface area contributed by atoms with Gasteiger partial charge < -0.3 is 5.11 Å². The molecule has 3 rings (SSSR count). The zero-order valence-corrected chi connectivity index (χ0v) is 16.2. The molecule has 1 heterocycles. The second kappa shape index (κ2) is 9.43. The van der Waals surface area contributed by atoms with E-state index in [0.717, 1.165) is 41.3 Å². The molecule has 0 aliphatic heterocycles. The van der Waals surface area contributed by atoms with Gasteiger partial charge in [0.15, 0.2) is 0 Å². The number of hydrogen-bond donors (Lipinski definition) is 1. The van der Waals surface area contributed by atoms with Gasteiger partial charge in [-0.3, -0.25) is 0 Å². The summed E-state index contributed by atoms with van der Waals surface area (Å²) in [5.41, 5.74) is 4.01. The fourth-order valence-electron chi connectivity index (χ4n) is 3.21. The van der Waals surface area contributed by atoms with Crippen LogP contribution in [-0.4, -0.2) is 16.2 Å². The van der Waals surface area contributed by atoms with E-state index in [1.807, 2.05) is 37.3 Å². The Labute approximate surface area is 166 Å². The Morgan fingerprint density at radius 2 is 2.00 bits per heavy atom. The van der Waals surface area contributed by atoms with E-state index in [1.165, 1.54) is 0 Å². The Bertz CT molecular complexity index is 991. The van der Waals surface area contributed by atoms with E-state index >= 15 is 0 Å². The first-order valence-electron chi connectivity index (χ1n) is 9.72. The van der Waals surface area contributed by atoms with Crippen LogP contribution >= 0.6 is 0 Å². The van der Waals surface area contributed by atoms with E-state index in [1.54, 1.807) is 18.2 Å². The van der Waals surface area contributed by atoms with Crippen LogP contribution in [-0.2, 0) is 6.42 Å². The zero-order chi connectivity index (χ0) is 19.9. The molecule has 1 atom stereocenters. The predicted octanol–water partition coefficient (Wildman–Crippen LogP) is 6.33. The van der Waals surface area contributed by atoms with Crippen LogP contribution in [0.2, 0.25) is 0 Å². The molecule has 0 amide bonds. The minimum atomic E-state index is -0.261. The van der Waals surface area contributed by atoms with Crippen molar-refractivity contribution in [2.75, 3.05) is 0 Å².